The van der Waals surface area contributed by atoms with Gasteiger partial charge in [0.25, 0.3) is 0 Å². The number of nitrogens with zero attached hydrogens (tertiary/aromatic N) is 2. The Morgan fingerprint density at radius 1 is 1.07 bits per heavy atom. The molecule has 3 aromatic rings. The molecule has 1 aromatic heterocycles. The fraction of sp³-hybridized carbons (Fsp3) is 0.364. The maximum absolute atomic E-state index is 14.4. The Balaban J connectivity index is 1.35. The van der Waals surface area contributed by atoms with Crippen LogP contribution >= 0.6 is 11.6 Å². The molecule has 0 radical (unpaired) electrons. The molecule has 2 bridgehead atoms. The minimum Gasteiger partial charge on any atom is -0.453 e. The van der Waals surface area contributed by atoms with Gasteiger partial charge in [0.05, 0.1) is 36.6 Å². The van der Waals surface area contributed by atoms with Crippen LogP contribution in [0.1, 0.15) is 56.2 Å². The van der Waals surface area contributed by atoms with Crippen molar-refractivity contribution < 1.29 is 28.7 Å². The zero-order chi connectivity index (χ0) is 31.7. The van der Waals surface area contributed by atoms with E-state index in [0.29, 0.717) is 72.0 Å². The molecular formula is C33H34ClN5O6. The first kappa shape index (κ1) is 30.4. The summed E-state index contributed by atoms with van der Waals surface area (Å²) in [4.78, 5) is 58.5. The third-order valence-corrected chi connectivity index (χ3v) is 9.03. The smallest absolute Gasteiger partial charge is 0.412 e. The highest BCUT2D eigenvalue weighted by atomic mass is 35.5. The van der Waals surface area contributed by atoms with Crippen molar-refractivity contribution in [3.05, 3.63) is 71.0 Å². The number of nitrogens with one attached hydrogen (secondary N) is 3. The van der Waals surface area contributed by atoms with Crippen LogP contribution < -0.4 is 16.0 Å². The van der Waals surface area contributed by atoms with Gasteiger partial charge in [0.2, 0.25) is 11.8 Å². The summed E-state index contributed by atoms with van der Waals surface area (Å²) < 4.78 is 10.6. The van der Waals surface area contributed by atoms with Crippen LogP contribution in [0.4, 0.5) is 26.7 Å². The molecule has 3 atom stereocenters. The molecule has 0 unspecified atom stereocenters. The summed E-state index contributed by atoms with van der Waals surface area (Å²) in [5.41, 5.74) is 3.44. The maximum atomic E-state index is 14.4. The van der Waals surface area contributed by atoms with Crippen LogP contribution in [0.15, 0.2) is 54.7 Å². The van der Waals surface area contributed by atoms with Crippen molar-refractivity contribution >= 4 is 52.7 Å². The third kappa shape index (κ3) is 6.17. The first-order valence-electron chi connectivity index (χ1n) is 15.0. The van der Waals surface area contributed by atoms with Gasteiger partial charge >= 0.3 is 12.2 Å². The molecule has 2 aromatic carbocycles. The van der Waals surface area contributed by atoms with Crippen molar-refractivity contribution in [2.45, 2.75) is 50.5 Å². The molecular weight excluding hydrogens is 598 g/mol. The number of likely N-dealkylation sites (tertiary alicyclic amines) is 1. The van der Waals surface area contributed by atoms with Gasteiger partial charge in [-0.15, -0.1) is 0 Å². The number of aromatic nitrogens is 1. The molecule has 0 saturated carbocycles. The number of ether oxygens (including phenoxy) is 2. The molecule has 4 heterocycles. The number of pyridine rings is 1. The van der Waals surface area contributed by atoms with Crippen LogP contribution in [-0.2, 0) is 24.7 Å². The van der Waals surface area contributed by atoms with Crippen LogP contribution in [0.25, 0.3) is 11.1 Å². The molecule has 12 heteroatoms. The monoisotopic (exact) mass is 631 g/mol. The summed E-state index contributed by atoms with van der Waals surface area (Å²) in [5.74, 6) is -1.17. The number of rotatable bonds is 2. The Bertz CT molecular complexity index is 1680. The molecule has 6 rings (SSSR count). The predicted molar refractivity (Wildman–Crippen MR) is 169 cm³/mol. The van der Waals surface area contributed by atoms with Gasteiger partial charge in [-0.3, -0.25) is 25.2 Å². The van der Waals surface area contributed by atoms with E-state index in [0.717, 1.165) is 11.1 Å². The van der Waals surface area contributed by atoms with E-state index in [2.05, 4.69) is 20.9 Å². The molecule has 0 aliphatic carbocycles. The van der Waals surface area contributed by atoms with E-state index in [-0.39, 0.29) is 24.3 Å². The van der Waals surface area contributed by atoms with Gasteiger partial charge < -0.3 is 19.7 Å². The fourth-order valence-corrected chi connectivity index (χ4v) is 6.64. The fourth-order valence-electron chi connectivity index (χ4n) is 6.47. The lowest BCUT2D eigenvalue weighted by molar-refractivity contribution is -0.141. The Hall–Kier alpha value is -4.64. The van der Waals surface area contributed by atoms with Crippen LogP contribution in [-0.4, -0.2) is 54.1 Å². The SMILES string of the molecule is COC(=O)Nc1ccc2c(c1)NC(=O)[C@@H](C)CCC[C@H](C(=O)N1CCC[C@@]3(C1)OC(=O)Nc1ccc(Cl)cc13)c1cc-2ccn1. The summed E-state index contributed by atoms with van der Waals surface area (Å²) in [6, 6.07) is 14.2. The Labute approximate surface area is 265 Å². The first-order valence-corrected chi connectivity index (χ1v) is 15.4. The van der Waals surface area contributed by atoms with Gasteiger partial charge in [-0.25, -0.2) is 9.59 Å². The van der Waals surface area contributed by atoms with Gasteiger partial charge in [0.15, 0.2) is 5.60 Å². The van der Waals surface area contributed by atoms with Crippen molar-refractivity contribution in [3.8, 4) is 11.1 Å². The van der Waals surface area contributed by atoms with Crippen molar-refractivity contribution in [1.82, 2.24) is 9.88 Å². The summed E-state index contributed by atoms with van der Waals surface area (Å²) in [6.45, 7) is 2.56. The highest BCUT2D eigenvalue weighted by Crippen LogP contribution is 2.44. The molecule has 3 N–H and O–H groups in total. The van der Waals surface area contributed by atoms with E-state index in [1.807, 2.05) is 19.1 Å². The molecule has 1 saturated heterocycles. The lowest BCUT2D eigenvalue weighted by Crippen LogP contribution is -2.54. The van der Waals surface area contributed by atoms with Crippen LogP contribution in [0, 0.1) is 5.92 Å². The maximum Gasteiger partial charge on any atom is 0.412 e. The van der Waals surface area contributed by atoms with Crippen molar-refractivity contribution in [1.29, 1.82) is 0 Å². The number of methoxy groups -OCH3 is 1. The molecule has 4 amide bonds. The van der Waals surface area contributed by atoms with Crippen LogP contribution in [0.3, 0.4) is 0 Å². The van der Waals surface area contributed by atoms with E-state index >= 15 is 0 Å². The van der Waals surface area contributed by atoms with E-state index < -0.39 is 23.7 Å². The van der Waals surface area contributed by atoms with Gasteiger partial charge in [0.1, 0.15) is 0 Å². The second-order valence-corrected chi connectivity index (χ2v) is 12.2. The van der Waals surface area contributed by atoms with Crippen LogP contribution in [0.2, 0.25) is 5.02 Å². The highest BCUT2D eigenvalue weighted by molar-refractivity contribution is 6.30. The minimum atomic E-state index is -1.02. The number of piperidine rings is 1. The first-order chi connectivity index (χ1) is 21.7. The number of halogens is 1. The van der Waals surface area contributed by atoms with Crippen molar-refractivity contribution in [2.75, 3.05) is 36.1 Å². The predicted octanol–water partition coefficient (Wildman–Crippen LogP) is 6.50. The summed E-state index contributed by atoms with van der Waals surface area (Å²) >= 11 is 6.35. The average molecular weight is 632 g/mol. The van der Waals surface area contributed by atoms with E-state index in [1.165, 1.54) is 7.11 Å². The Kier molecular flexibility index (Phi) is 8.37. The van der Waals surface area contributed by atoms with E-state index in [4.69, 9.17) is 21.1 Å². The lowest BCUT2D eigenvalue weighted by Gasteiger charge is -2.45. The highest BCUT2D eigenvalue weighted by Gasteiger charge is 2.47. The largest absolute Gasteiger partial charge is 0.453 e. The average Bonchev–Trinajstić information content (AvgIpc) is 3.03. The van der Waals surface area contributed by atoms with Crippen LogP contribution in [0.5, 0.6) is 0 Å². The lowest BCUT2D eigenvalue weighted by atomic mass is 9.82. The third-order valence-electron chi connectivity index (χ3n) is 8.80. The number of carbonyl (C=O) groups excluding carboxylic acids is 4. The van der Waals surface area contributed by atoms with E-state index in [9.17, 15) is 19.2 Å². The molecule has 1 spiro atoms. The summed E-state index contributed by atoms with van der Waals surface area (Å²) in [7, 11) is 1.28. The Morgan fingerprint density at radius 3 is 2.73 bits per heavy atom. The minimum absolute atomic E-state index is 0.108. The number of fused-ring (bicyclic) bond motifs is 6. The molecule has 11 nitrogen and oxygen atoms in total. The molecule has 3 aliphatic heterocycles. The van der Waals surface area contributed by atoms with Gasteiger partial charge in [0, 0.05) is 40.5 Å². The van der Waals surface area contributed by atoms with E-state index in [1.54, 1.807) is 47.5 Å². The topological polar surface area (TPSA) is 139 Å². The normalized spacial score (nSPS) is 22.8. The van der Waals surface area contributed by atoms with Crippen molar-refractivity contribution in [2.24, 2.45) is 5.92 Å². The second-order valence-electron chi connectivity index (χ2n) is 11.8. The quantitative estimate of drug-likeness (QED) is 0.293. The van der Waals surface area contributed by atoms with Gasteiger partial charge in [-0.2, -0.15) is 0 Å². The van der Waals surface area contributed by atoms with Crippen molar-refractivity contribution in [3.63, 3.8) is 0 Å². The zero-order valence-electron chi connectivity index (χ0n) is 25.0. The molecule has 3 aliphatic rings. The second kappa shape index (κ2) is 12.4. The number of hydrogen-bond donors (Lipinski definition) is 3. The van der Waals surface area contributed by atoms with Gasteiger partial charge in [-0.05, 0) is 73.7 Å². The molecule has 234 valence electrons. The standard InChI is InChI=1S/C33H34ClN5O6/c1-19-5-3-6-24(30(41)39-14-4-12-33(18-39)25-16-21(34)7-10-26(25)38-32(43)45-33)27-15-20(11-13-35-27)23-9-8-22(36-31(42)44-2)17-28(23)37-29(19)40/h7-11,13,15-17,19,24H,3-6,12,14,18H2,1-2H3,(H,36,42)(H,37,40)(H,38,43)/t19-,24-,33-/m0/s1. The number of hydrogen-bond acceptors (Lipinski definition) is 7. The molecule has 1 fully saturated rings. The number of amides is 4. The van der Waals surface area contributed by atoms with Gasteiger partial charge in [-0.1, -0.05) is 31.0 Å². The number of carbonyl (C=O) groups is 4. The Morgan fingerprint density at radius 2 is 1.91 bits per heavy atom. The summed E-state index contributed by atoms with van der Waals surface area (Å²) in [5, 5.41) is 8.92. The zero-order valence-corrected chi connectivity index (χ0v) is 25.8. The molecule has 45 heavy (non-hydrogen) atoms. The number of benzene rings is 2. The summed E-state index contributed by atoms with van der Waals surface area (Å²) in [6.07, 6.45) is 3.35. The number of anilines is 3.